The molecule has 0 heterocycles. The molecule has 0 aromatic heterocycles. The molecule has 23 heavy (non-hydrogen) atoms. The Morgan fingerprint density at radius 1 is 1.26 bits per heavy atom. The van der Waals surface area contributed by atoms with E-state index in [-0.39, 0.29) is 5.75 Å². The summed E-state index contributed by atoms with van der Waals surface area (Å²) in [4.78, 5) is 6.28. The minimum Gasteiger partial charge on any atom is -0.356 e. The van der Waals surface area contributed by atoms with Gasteiger partial charge in [0.05, 0.1) is 5.75 Å². The van der Waals surface area contributed by atoms with E-state index in [1.54, 1.807) is 14.0 Å². The number of benzene rings is 1. The fourth-order valence-electron chi connectivity index (χ4n) is 1.94. The molecule has 0 saturated heterocycles. The first kappa shape index (κ1) is 19.9. The first-order valence-electron chi connectivity index (χ1n) is 7.51. The van der Waals surface area contributed by atoms with Gasteiger partial charge in [-0.05, 0) is 31.0 Å². The van der Waals surface area contributed by atoms with Gasteiger partial charge in [-0.2, -0.15) is 0 Å². The average molecular weight is 405 g/mol. The Bertz CT molecular complexity index is 602. The highest BCUT2D eigenvalue weighted by molar-refractivity contribution is 9.10. The molecule has 0 unspecified atom stereocenters. The van der Waals surface area contributed by atoms with Gasteiger partial charge in [0, 0.05) is 38.2 Å². The van der Waals surface area contributed by atoms with E-state index in [0.29, 0.717) is 19.5 Å². The maximum absolute atomic E-state index is 11.3. The average Bonchev–Trinajstić information content (AvgIpc) is 2.53. The predicted molar refractivity (Wildman–Crippen MR) is 99.1 cm³/mol. The molecule has 0 aliphatic carbocycles. The van der Waals surface area contributed by atoms with Crippen LogP contribution < -0.4 is 10.0 Å². The second-order valence-corrected chi connectivity index (χ2v) is 8.12. The molecule has 0 aliphatic heterocycles. The minimum absolute atomic E-state index is 0.109. The molecule has 0 fully saturated rings. The summed E-state index contributed by atoms with van der Waals surface area (Å²) in [6.45, 7) is 3.45. The van der Waals surface area contributed by atoms with Crippen LogP contribution in [0, 0.1) is 0 Å². The molecule has 0 amide bonds. The number of sulfonamides is 1. The first-order valence-corrected chi connectivity index (χ1v) is 9.96. The summed E-state index contributed by atoms with van der Waals surface area (Å²) in [5, 5.41) is 3.24. The van der Waals surface area contributed by atoms with Crippen molar-refractivity contribution < 1.29 is 8.42 Å². The van der Waals surface area contributed by atoms with Gasteiger partial charge in [-0.15, -0.1) is 0 Å². The summed E-state index contributed by atoms with van der Waals surface area (Å²) in [5.74, 6) is 0.893. The molecule has 6 nitrogen and oxygen atoms in total. The van der Waals surface area contributed by atoms with E-state index in [0.717, 1.165) is 17.0 Å². The topological polar surface area (TPSA) is 73.8 Å². The van der Waals surface area contributed by atoms with Gasteiger partial charge in [0.2, 0.25) is 10.0 Å². The summed E-state index contributed by atoms with van der Waals surface area (Å²) in [6.07, 6.45) is 0.699. The minimum atomic E-state index is -3.11. The third-order valence-electron chi connectivity index (χ3n) is 3.25. The second kappa shape index (κ2) is 9.89. The Balaban J connectivity index is 2.37. The molecule has 130 valence electrons. The van der Waals surface area contributed by atoms with Crippen LogP contribution in [0.3, 0.4) is 0 Å². The Morgan fingerprint density at radius 2 is 1.91 bits per heavy atom. The lowest BCUT2D eigenvalue weighted by molar-refractivity contribution is 0.475. The number of hydrogen-bond acceptors (Lipinski definition) is 3. The fourth-order valence-corrected chi connectivity index (χ4v) is 2.87. The quantitative estimate of drug-likeness (QED) is 0.393. The number of hydrogen-bond donors (Lipinski definition) is 2. The maximum atomic E-state index is 11.3. The molecular weight excluding hydrogens is 380 g/mol. The van der Waals surface area contributed by atoms with Gasteiger partial charge in [-0.25, -0.2) is 13.1 Å². The zero-order valence-electron chi connectivity index (χ0n) is 13.8. The van der Waals surface area contributed by atoms with Crippen molar-refractivity contribution in [3.8, 4) is 0 Å². The SMILES string of the molecule is CCS(=O)(=O)NCCCNC(=NC)N(C)Cc1ccc(Br)cc1. The lowest BCUT2D eigenvalue weighted by Crippen LogP contribution is -2.39. The monoisotopic (exact) mass is 404 g/mol. The largest absolute Gasteiger partial charge is 0.356 e. The van der Waals surface area contributed by atoms with Crippen molar-refractivity contribution in [2.75, 3.05) is 32.9 Å². The molecule has 0 saturated carbocycles. The van der Waals surface area contributed by atoms with Gasteiger partial charge in [0.15, 0.2) is 5.96 Å². The van der Waals surface area contributed by atoms with Crippen LogP contribution in [0.25, 0.3) is 0 Å². The van der Waals surface area contributed by atoms with Gasteiger partial charge in [-0.3, -0.25) is 4.99 Å². The van der Waals surface area contributed by atoms with Crippen LogP contribution in [0.1, 0.15) is 18.9 Å². The van der Waals surface area contributed by atoms with Gasteiger partial charge < -0.3 is 10.2 Å². The molecule has 0 aliphatic rings. The number of guanidine groups is 1. The van der Waals surface area contributed by atoms with E-state index < -0.39 is 10.0 Å². The van der Waals surface area contributed by atoms with Gasteiger partial charge in [0.25, 0.3) is 0 Å². The molecule has 8 heteroatoms. The summed E-state index contributed by atoms with van der Waals surface area (Å²) >= 11 is 3.42. The number of nitrogens with one attached hydrogen (secondary N) is 2. The lowest BCUT2D eigenvalue weighted by atomic mass is 10.2. The number of nitrogens with zero attached hydrogens (tertiary/aromatic N) is 2. The van der Waals surface area contributed by atoms with Crippen LogP contribution in [0.2, 0.25) is 0 Å². The van der Waals surface area contributed by atoms with Gasteiger partial charge >= 0.3 is 0 Å². The zero-order valence-corrected chi connectivity index (χ0v) is 16.2. The molecular formula is C15H25BrN4O2S. The van der Waals surface area contributed by atoms with E-state index in [9.17, 15) is 8.42 Å². The van der Waals surface area contributed by atoms with Crippen LogP contribution in [0.5, 0.6) is 0 Å². The maximum Gasteiger partial charge on any atom is 0.211 e. The second-order valence-electron chi connectivity index (χ2n) is 5.11. The Labute approximate surface area is 147 Å². The molecule has 0 radical (unpaired) electrons. The van der Waals surface area contributed by atoms with Crippen molar-refractivity contribution in [2.45, 2.75) is 19.9 Å². The number of aliphatic imine (C=N–C) groups is 1. The summed E-state index contributed by atoms with van der Waals surface area (Å²) in [5.41, 5.74) is 1.19. The van der Waals surface area contributed by atoms with Crippen LogP contribution >= 0.6 is 15.9 Å². The normalized spacial score (nSPS) is 12.3. The van der Waals surface area contributed by atoms with Crippen molar-refractivity contribution in [3.63, 3.8) is 0 Å². The highest BCUT2D eigenvalue weighted by Gasteiger charge is 2.07. The molecule has 1 aromatic rings. The van der Waals surface area contributed by atoms with E-state index in [1.165, 1.54) is 5.56 Å². The summed E-state index contributed by atoms with van der Waals surface area (Å²) in [6, 6.07) is 8.15. The van der Waals surface area contributed by atoms with Crippen molar-refractivity contribution in [3.05, 3.63) is 34.3 Å². The predicted octanol–water partition coefficient (Wildman–Crippen LogP) is 1.79. The Morgan fingerprint density at radius 3 is 2.48 bits per heavy atom. The van der Waals surface area contributed by atoms with Gasteiger partial charge in [-0.1, -0.05) is 28.1 Å². The smallest absolute Gasteiger partial charge is 0.211 e. The lowest BCUT2D eigenvalue weighted by Gasteiger charge is -2.22. The first-order chi connectivity index (χ1) is 10.9. The number of halogens is 1. The van der Waals surface area contributed by atoms with E-state index in [4.69, 9.17) is 0 Å². The van der Waals surface area contributed by atoms with Crippen molar-refractivity contribution in [2.24, 2.45) is 4.99 Å². The third-order valence-corrected chi connectivity index (χ3v) is 5.18. The zero-order chi connectivity index (χ0) is 17.3. The summed E-state index contributed by atoms with van der Waals surface area (Å²) < 4.78 is 26.2. The van der Waals surface area contributed by atoms with E-state index in [2.05, 4.69) is 43.1 Å². The third kappa shape index (κ3) is 7.81. The van der Waals surface area contributed by atoms with Crippen molar-refractivity contribution in [1.82, 2.24) is 14.9 Å². The highest BCUT2D eigenvalue weighted by Crippen LogP contribution is 2.11. The molecule has 0 spiro atoms. The molecule has 2 N–H and O–H groups in total. The van der Waals surface area contributed by atoms with Crippen LogP contribution in [0.4, 0.5) is 0 Å². The van der Waals surface area contributed by atoms with Crippen molar-refractivity contribution in [1.29, 1.82) is 0 Å². The van der Waals surface area contributed by atoms with Crippen LogP contribution in [0.15, 0.2) is 33.7 Å². The summed E-state index contributed by atoms with van der Waals surface area (Å²) in [7, 11) is 0.597. The molecule has 0 atom stereocenters. The molecule has 1 aromatic carbocycles. The fraction of sp³-hybridized carbons (Fsp3) is 0.533. The molecule has 0 bridgehead atoms. The highest BCUT2D eigenvalue weighted by atomic mass is 79.9. The van der Waals surface area contributed by atoms with E-state index >= 15 is 0 Å². The standard InChI is InChI=1S/C15H25BrN4O2S/c1-4-23(21,22)19-11-5-10-18-15(17-2)20(3)12-13-6-8-14(16)9-7-13/h6-9,19H,4-5,10-12H2,1-3H3,(H,17,18). The molecule has 1 rings (SSSR count). The Kier molecular flexibility index (Phi) is 8.57. The van der Waals surface area contributed by atoms with Crippen molar-refractivity contribution >= 4 is 31.9 Å². The van der Waals surface area contributed by atoms with E-state index in [1.807, 2.05) is 24.1 Å². The number of rotatable bonds is 8. The van der Waals surface area contributed by atoms with Crippen LogP contribution in [-0.2, 0) is 16.6 Å². The van der Waals surface area contributed by atoms with Gasteiger partial charge in [0.1, 0.15) is 0 Å². The van der Waals surface area contributed by atoms with Crippen LogP contribution in [-0.4, -0.2) is 52.2 Å². The Hall–Kier alpha value is -1.12.